The molecule has 0 radical (unpaired) electrons. The summed E-state index contributed by atoms with van der Waals surface area (Å²) in [5, 5.41) is 9.44. The Bertz CT molecular complexity index is 383. The van der Waals surface area contributed by atoms with Gasteiger partial charge in [-0.05, 0) is 12.1 Å². The van der Waals surface area contributed by atoms with E-state index in [1.54, 1.807) is 18.2 Å². The molecule has 0 unspecified atom stereocenters. The number of para-hydroxylation sites is 1. The van der Waals surface area contributed by atoms with Gasteiger partial charge in [0.15, 0.2) is 0 Å². The van der Waals surface area contributed by atoms with Gasteiger partial charge in [-0.25, -0.2) is 4.79 Å². The van der Waals surface area contributed by atoms with Gasteiger partial charge in [-0.1, -0.05) is 12.1 Å². The second kappa shape index (κ2) is 6.83. The number of ether oxygens (including phenoxy) is 1. The van der Waals surface area contributed by atoms with Crippen molar-refractivity contribution < 1.29 is 22.0 Å². The average molecular weight is 251 g/mol. The molecule has 1 aromatic rings. The predicted octanol–water partition coefficient (Wildman–Crippen LogP) is 1.10. The van der Waals surface area contributed by atoms with Crippen LogP contribution in [-0.2, 0) is 4.74 Å². The van der Waals surface area contributed by atoms with E-state index in [0.717, 1.165) is 11.0 Å². The zero-order valence-corrected chi connectivity index (χ0v) is 12.1. The van der Waals surface area contributed by atoms with Crippen LogP contribution >= 0.6 is 0 Å². The number of hydrogen-bond acceptors (Lipinski definition) is 3. The Labute approximate surface area is 121 Å². The Balaban J connectivity index is -0.000000853. The first kappa shape index (κ1) is 16.2. The molecule has 0 amide bonds. The first-order chi connectivity index (χ1) is 7.40. The monoisotopic (exact) mass is 250 g/mol. The van der Waals surface area contributed by atoms with Crippen LogP contribution in [0.25, 0.3) is 0 Å². The van der Waals surface area contributed by atoms with E-state index in [2.05, 4.69) is 0 Å². The van der Waals surface area contributed by atoms with E-state index in [1.165, 1.54) is 6.07 Å². The first-order valence-electron chi connectivity index (χ1n) is 5.16. The fraction of sp³-hybridized carbons (Fsp3) is 0.417. The van der Waals surface area contributed by atoms with Gasteiger partial charge in [-0.15, -0.1) is 0 Å². The van der Waals surface area contributed by atoms with Crippen molar-refractivity contribution in [3.8, 4) is 5.75 Å². The molecule has 0 fully saturated rings. The summed E-state index contributed by atoms with van der Waals surface area (Å²) in [5.41, 5.74) is 0.212. The minimum Gasteiger partial charge on any atom is -1.00 e. The summed E-state index contributed by atoms with van der Waals surface area (Å²) >= 11 is 0. The quantitative estimate of drug-likeness (QED) is 0.495. The van der Waals surface area contributed by atoms with E-state index >= 15 is 0 Å². The first-order valence-corrected chi connectivity index (χ1v) is 5.16. The molecule has 1 N–H and O–H groups in total. The van der Waals surface area contributed by atoms with Gasteiger partial charge in [0.05, 0.1) is 21.1 Å². The summed E-state index contributed by atoms with van der Waals surface area (Å²) in [6, 6.07) is 6.37. The van der Waals surface area contributed by atoms with Gasteiger partial charge < -0.3 is 17.2 Å². The maximum absolute atomic E-state index is 11.6. The van der Waals surface area contributed by atoms with Crippen molar-refractivity contribution in [2.75, 3.05) is 34.3 Å². The number of nitrogens with zero attached hydrogens (tertiary/aromatic N) is 1. The van der Waals surface area contributed by atoms with Gasteiger partial charge in [0, 0.05) is 0 Å². The second-order valence-electron chi connectivity index (χ2n) is 4.67. The molecule has 5 heteroatoms. The number of phenols is 1. The van der Waals surface area contributed by atoms with Crippen molar-refractivity contribution in [1.29, 1.82) is 0 Å². The molecule has 0 spiro atoms. The van der Waals surface area contributed by atoms with Gasteiger partial charge in [-0.3, -0.25) is 0 Å². The van der Waals surface area contributed by atoms with Crippen LogP contribution in [0.15, 0.2) is 24.3 Å². The van der Waals surface area contributed by atoms with Crippen molar-refractivity contribution in [1.82, 2.24) is 0 Å². The Hall–Kier alpha value is -0.784. The van der Waals surface area contributed by atoms with E-state index < -0.39 is 5.97 Å². The van der Waals surface area contributed by atoms with Crippen LogP contribution in [0.5, 0.6) is 5.75 Å². The van der Waals surface area contributed by atoms with Crippen LogP contribution in [0.4, 0.5) is 0 Å². The van der Waals surface area contributed by atoms with Gasteiger partial charge in [0.25, 0.3) is 0 Å². The van der Waals surface area contributed by atoms with Crippen molar-refractivity contribution in [2.24, 2.45) is 0 Å². The van der Waals surface area contributed by atoms with Crippen molar-refractivity contribution in [3.63, 3.8) is 0 Å². The number of quaternary nitrogens is 1. The molecule has 0 aliphatic rings. The number of hydrogen-bond donors (Lipinski definition) is 1. The van der Waals surface area contributed by atoms with E-state index in [4.69, 9.17) is 4.74 Å². The maximum atomic E-state index is 11.6. The molecule has 0 atom stereocenters. The van der Waals surface area contributed by atoms with Gasteiger partial charge in [-0.2, -0.15) is 0 Å². The Morgan fingerprint density at radius 2 is 1.94 bits per heavy atom. The molecule has 0 aromatic heterocycles. The standard InChI is InChI=1S/C12H17NO3.Mg.2H/c1-13(2,3)8-9-16-12(15)10-6-4-5-7-11(10)14;;;/h4-7H,8-9H2,1-3H3;;;/q;+2;2*-1/p+1. The SMILES string of the molecule is C[N+](C)(C)CCOC(=O)c1ccccc1O.[H-].[H-].[Mg+2]. The third-order valence-corrected chi connectivity index (χ3v) is 2.12. The summed E-state index contributed by atoms with van der Waals surface area (Å²) in [6.07, 6.45) is 0. The van der Waals surface area contributed by atoms with E-state index in [0.29, 0.717) is 6.61 Å². The Kier molecular flexibility index (Phi) is 6.52. The molecule has 0 aliphatic carbocycles. The zero-order valence-electron chi connectivity index (χ0n) is 12.6. The number of esters is 1. The van der Waals surface area contributed by atoms with E-state index in [-0.39, 0.29) is 37.2 Å². The molecule has 0 bridgehead atoms. The van der Waals surface area contributed by atoms with Gasteiger partial charge in [0.2, 0.25) is 0 Å². The third-order valence-electron chi connectivity index (χ3n) is 2.12. The van der Waals surface area contributed by atoms with Crippen molar-refractivity contribution in [3.05, 3.63) is 29.8 Å². The van der Waals surface area contributed by atoms with Crippen molar-refractivity contribution in [2.45, 2.75) is 0 Å². The van der Waals surface area contributed by atoms with Crippen LogP contribution in [0.2, 0.25) is 0 Å². The summed E-state index contributed by atoms with van der Waals surface area (Å²) in [4.78, 5) is 11.6. The van der Waals surface area contributed by atoms with Crippen LogP contribution < -0.4 is 0 Å². The number of carbonyl (C=O) groups is 1. The fourth-order valence-corrected chi connectivity index (χ4v) is 1.14. The molecule has 1 rings (SSSR count). The average Bonchev–Trinajstić information content (AvgIpc) is 2.16. The largest absolute Gasteiger partial charge is 2.00 e. The molecule has 4 nitrogen and oxygen atoms in total. The van der Waals surface area contributed by atoms with Crippen LogP contribution in [0.3, 0.4) is 0 Å². The van der Waals surface area contributed by atoms with Gasteiger partial charge in [0.1, 0.15) is 24.5 Å². The molecular formula is C12H20MgNO3+. The minimum absolute atomic E-state index is 0. The third kappa shape index (κ3) is 5.90. The molecule has 0 aliphatic heterocycles. The van der Waals surface area contributed by atoms with E-state index in [9.17, 15) is 9.90 Å². The van der Waals surface area contributed by atoms with Crippen LogP contribution in [-0.4, -0.2) is 72.9 Å². The fourth-order valence-electron chi connectivity index (χ4n) is 1.14. The van der Waals surface area contributed by atoms with Crippen LogP contribution in [0.1, 0.15) is 13.2 Å². The van der Waals surface area contributed by atoms with Gasteiger partial charge >= 0.3 is 29.0 Å². The number of aromatic hydroxyl groups is 1. The summed E-state index contributed by atoms with van der Waals surface area (Å²) in [6.45, 7) is 1.08. The van der Waals surface area contributed by atoms with Crippen LogP contribution in [0, 0.1) is 0 Å². The maximum Gasteiger partial charge on any atom is 2.00 e. The smallest absolute Gasteiger partial charge is 1.00 e. The molecule has 0 heterocycles. The molecule has 17 heavy (non-hydrogen) atoms. The number of likely N-dealkylation sites (N-methyl/N-ethyl adjacent to an activating group) is 1. The number of rotatable bonds is 4. The summed E-state index contributed by atoms with van der Waals surface area (Å²) in [5.74, 6) is -0.524. The zero-order chi connectivity index (χ0) is 12.2. The molecule has 0 saturated carbocycles. The number of benzene rings is 1. The Morgan fingerprint density at radius 1 is 1.35 bits per heavy atom. The number of phenolic OH excluding ortho intramolecular Hbond substituents is 1. The van der Waals surface area contributed by atoms with Crippen molar-refractivity contribution >= 4 is 29.0 Å². The van der Waals surface area contributed by atoms with E-state index in [1.807, 2.05) is 21.1 Å². The molecule has 92 valence electrons. The summed E-state index contributed by atoms with van der Waals surface area (Å²) in [7, 11) is 6.06. The normalized spacial score (nSPS) is 10.5. The molecule has 0 saturated heterocycles. The summed E-state index contributed by atoms with van der Waals surface area (Å²) < 4.78 is 5.80. The molecule has 1 aromatic carbocycles. The Morgan fingerprint density at radius 3 is 2.47 bits per heavy atom. The topological polar surface area (TPSA) is 46.5 Å². The number of carbonyl (C=O) groups excluding carboxylic acids is 1. The predicted molar refractivity (Wildman–Crippen MR) is 69.3 cm³/mol. The molecular weight excluding hydrogens is 230 g/mol. The second-order valence-corrected chi connectivity index (χ2v) is 4.67. The minimum atomic E-state index is -0.480.